The van der Waals surface area contributed by atoms with Gasteiger partial charge in [-0.2, -0.15) is 0 Å². The Kier molecular flexibility index (Phi) is 2.59. The van der Waals surface area contributed by atoms with Gasteiger partial charge in [-0.15, -0.1) is 0 Å². The molecule has 0 saturated heterocycles. The Morgan fingerprint density at radius 2 is 2.44 bits per heavy atom. The number of hydrogen-bond donors (Lipinski definition) is 2. The molecule has 0 amide bonds. The highest BCUT2D eigenvalue weighted by Gasteiger charge is 2.06. The molecule has 2 N–H and O–H groups in total. The van der Waals surface area contributed by atoms with E-state index in [9.17, 15) is 4.79 Å². The highest BCUT2D eigenvalue weighted by molar-refractivity contribution is 5.94. The lowest BCUT2D eigenvalue weighted by molar-refractivity contribution is -0.131. The number of nitrogens with zero attached hydrogens (tertiary/aromatic N) is 1. The smallest absolute Gasteiger partial charge is 0.328 e. The van der Waals surface area contributed by atoms with E-state index in [0.29, 0.717) is 5.88 Å². The Labute approximate surface area is 91.4 Å². The van der Waals surface area contributed by atoms with Crippen LogP contribution in [0.4, 0.5) is 0 Å². The third-order valence-electron chi connectivity index (χ3n) is 2.20. The number of rotatable bonds is 3. The number of H-pyrrole nitrogens is 1. The molecule has 0 spiro atoms. The van der Waals surface area contributed by atoms with Crippen LogP contribution in [0.15, 0.2) is 24.5 Å². The number of hydrogen-bond acceptors (Lipinski definition) is 3. The lowest BCUT2D eigenvalue weighted by atomic mass is 10.2. The summed E-state index contributed by atoms with van der Waals surface area (Å²) < 4.78 is 5.08. The van der Waals surface area contributed by atoms with Gasteiger partial charge in [0.05, 0.1) is 7.11 Å². The van der Waals surface area contributed by atoms with Crippen molar-refractivity contribution in [1.82, 2.24) is 9.97 Å². The van der Waals surface area contributed by atoms with Crippen LogP contribution in [0.1, 0.15) is 5.56 Å². The van der Waals surface area contributed by atoms with E-state index >= 15 is 0 Å². The maximum Gasteiger partial charge on any atom is 0.328 e. The number of carboxylic acids is 1. The standard InChI is InChI=1S/C11H10N2O3/c1-16-11-10-8(4-5-12-11)7(6-13-10)2-3-9(14)15/h2-6,13H,1H3,(H,14,15)/b3-2+. The topological polar surface area (TPSA) is 75.2 Å². The number of nitrogens with one attached hydrogen (secondary N) is 1. The number of methoxy groups -OCH3 is 1. The van der Waals surface area contributed by atoms with Gasteiger partial charge in [0.1, 0.15) is 5.52 Å². The fourth-order valence-electron chi connectivity index (χ4n) is 1.50. The predicted octanol–water partition coefficient (Wildman–Crippen LogP) is 1.67. The molecule has 0 aliphatic heterocycles. The summed E-state index contributed by atoms with van der Waals surface area (Å²) in [6.07, 6.45) is 5.96. The summed E-state index contributed by atoms with van der Waals surface area (Å²) in [4.78, 5) is 17.5. The predicted molar refractivity (Wildman–Crippen MR) is 59.3 cm³/mol. The van der Waals surface area contributed by atoms with Crippen LogP contribution in [0.5, 0.6) is 5.88 Å². The molecule has 2 aromatic rings. The van der Waals surface area contributed by atoms with E-state index in [1.54, 1.807) is 18.5 Å². The Morgan fingerprint density at radius 3 is 3.12 bits per heavy atom. The first-order valence-electron chi connectivity index (χ1n) is 4.63. The second-order valence-corrected chi connectivity index (χ2v) is 3.16. The first kappa shape index (κ1) is 10.2. The van der Waals surface area contributed by atoms with E-state index in [2.05, 4.69) is 9.97 Å². The summed E-state index contributed by atoms with van der Waals surface area (Å²) in [5.74, 6) is -0.483. The van der Waals surface area contributed by atoms with Crippen LogP contribution in [-0.4, -0.2) is 28.2 Å². The fraction of sp³-hybridized carbons (Fsp3) is 0.0909. The van der Waals surface area contributed by atoms with Crippen LogP contribution in [0.2, 0.25) is 0 Å². The number of aromatic amines is 1. The SMILES string of the molecule is COc1nccc2c(/C=C/C(=O)O)c[nH]c12. The Hall–Kier alpha value is -2.30. The third kappa shape index (κ3) is 1.75. The number of fused-ring (bicyclic) bond motifs is 1. The van der Waals surface area contributed by atoms with Gasteiger partial charge >= 0.3 is 5.97 Å². The minimum absolute atomic E-state index is 0.493. The molecule has 0 bridgehead atoms. The molecule has 2 rings (SSSR count). The van der Waals surface area contributed by atoms with E-state index in [-0.39, 0.29) is 0 Å². The number of aromatic nitrogens is 2. The minimum atomic E-state index is -0.977. The number of carbonyl (C=O) groups is 1. The van der Waals surface area contributed by atoms with Crippen LogP contribution in [0.25, 0.3) is 17.0 Å². The van der Waals surface area contributed by atoms with Crippen molar-refractivity contribution in [2.75, 3.05) is 7.11 Å². The zero-order chi connectivity index (χ0) is 11.5. The van der Waals surface area contributed by atoms with Crippen molar-refractivity contribution in [3.05, 3.63) is 30.1 Å². The molecule has 2 aromatic heterocycles. The first-order valence-corrected chi connectivity index (χ1v) is 4.63. The maximum absolute atomic E-state index is 10.4. The van der Waals surface area contributed by atoms with Crippen LogP contribution in [-0.2, 0) is 4.79 Å². The summed E-state index contributed by atoms with van der Waals surface area (Å²) in [6, 6.07) is 1.80. The van der Waals surface area contributed by atoms with Crippen molar-refractivity contribution in [2.24, 2.45) is 0 Å². The quantitative estimate of drug-likeness (QED) is 0.768. The van der Waals surface area contributed by atoms with Gasteiger partial charge in [-0.1, -0.05) is 0 Å². The summed E-state index contributed by atoms with van der Waals surface area (Å²) in [5.41, 5.74) is 1.55. The molecule has 2 heterocycles. The first-order chi connectivity index (χ1) is 7.72. The molecular weight excluding hydrogens is 208 g/mol. The summed E-state index contributed by atoms with van der Waals surface area (Å²) in [6.45, 7) is 0. The van der Waals surface area contributed by atoms with E-state index in [4.69, 9.17) is 9.84 Å². The number of pyridine rings is 1. The van der Waals surface area contributed by atoms with Crippen molar-refractivity contribution in [1.29, 1.82) is 0 Å². The molecule has 0 aliphatic rings. The van der Waals surface area contributed by atoms with Crippen molar-refractivity contribution >= 4 is 22.9 Å². The highest BCUT2D eigenvalue weighted by atomic mass is 16.5. The molecular formula is C11H10N2O3. The largest absolute Gasteiger partial charge is 0.479 e. The number of carboxylic acid groups (broad SMARTS) is 1. The molecule has 0 atom stereocenters. The van der Waals surface area contributed by atoms with Gasteiger partial charge in [0, 0.05) is 29.4 Å². The van der Waals surface area contributed by atoms with Gasteiger partial charge in [0.25, 0.3) is 0 Å². The average Bonchev–Trinajstić information content (AvgIpc) is 2.69. The van der Waals surface area contributed by atoms with Gasteiger partial charge < -0.3 is 14.8 Å². The Balaban J connectivity index is 2.53. The van der Waals surface area contributed by atoms with E-state index in [0.717, 1.165) is 22.5 Å². The zero-order valence-electron chi connectivity index (χ0n) is 8.60. The number of aliphatic carboxylic acids is 1. The third-order valence-corrected chi connectivity index (χ3v) is 2.20. The molecule has 0 saturated carbocycles. The molecule has 0 fully saturated rings. The van der Waals surface area contributed by atoms with E-state index in [1.165, 1.54) is 13.2 Å². The maximum atomic E-state index is 10.4. The van der Waals surface area contributed by atoms with Gasteiger partial charge in [0.2, 0.25) is 5.88 Å². The zero-order valence-corrected chi connectivity index (χ0v) is 8.60. The van der Waals surface area contributed by atoms with Crippen LogP contribution in [0, 0.1) is 0 Å². The normalized spacial score (nSPS) is 11.1. The van der Waals surface area contributed by atoms with E-state index < -0.39 is 5.97 Å². The van der Waals surface area contributed by atoms with Gasteiger partial charge in [-0.05, 0) is 12.1 Å². The molecule has 5 heteroatoms. The van der Waals surface area contributed by atoms with Crippen LogP contribution in [0.3, 0.4) is 0 Å². The Bertz CT molecular complexity index is 557. The van der Waals surface area contributed by atoms with Gasteiger partial charge in [-0.3, -0.25) is 0 Å². The van der Waals surface area contributed by atoms with Gasteiger partial charge in [-0.25, -0.2) is 9.78 Å². The highest BCUT2D eigenvalue weighted by Crippen LogP contribution is 2.25. The second-order valence-electron chi connectivity index (χ2n) is 3.16. The van der Waals surface area contributed by atoms with Crippen molar-refractivity contribution < 1.29 is 14.6 Å². The lowest BCUT2D eigenvalue weighted by Gasteiger charge is -1.98. The fourth-order valence-corrected chi connectivity index (χ4v) is 1.50. The lowest BCUT2D eigenvalue weighted by Crippen LogP contribution is -1.87. The molecule has 0 aliphatic carbocycles. The van der Waals surface area contributed by atoms with E-state index in [1.807, 2.05) is 0 Å². The van der Waals surface area contributed by atoms with Crippen molar-refractivity contribution in [2.45, 2.75) is 0 Å². The summed E-state index contributed by atoms with van der Waals surface area (Å²) in [7, 11) is 1.54. The van der Waals surface area contributed by atoms with Crippen LogP contribution >= 0.6 is 0 Å². The average molecular weight is 218 g/mol. The molecule has 0 aromatic carbocycles. The molecule has 16 heavy (non-hydrogen) atoms. The minimum Gasteiger partial charge on any atom is -0.479 e. The van der Waals surface area contributed by atoms with Crippen LogP contribution < -0.4 is 4.74 Å². The number of ether oxygens (including phenoxy) is 1. The van der Waals surface area contributed by atoms with Crippen molar-refractivity contribution in [3.8, 4) is 5.88 Å². The summed E-state index contributed by atoms with van der Waals surface area (Å²) >= 11 is 0. The molecule has 5 nitrogen and oxygen atoms in total. The monoisotopic (exact) mass is 218 g/mol. The molecule has 0 unspecified atom stereocenters. The Morgan fingerprint density at radius 1 is 1.62 bits per heavy atom. The summed E-state index contributed by atoms with van der Waals surface area (Å²) in [5, 5.41) is 9.43. The van der Waals surface area contributed by atoms with Gasteiger partial charge in [0.15, 0.2) is 0 Å². The molecule has 0 radical (unpaired) electrons. The second kappa shape index (κ2) is 4.06. The van der Waals surface area contributed by atoms with Crippen molar-refractivity contribution in [3.63, 3.8) is 0 Å². The molecule has 82 valence electrons.